The highest BCUT2D eigenvalue weighted by molar-refractivity contribution is 5.14. The van der Waals surface area contributed by atoms with E-state index in [0.29, 0.717) is 12.6 Å². The molecule has 1 N–H and O–H groups in total. The van der Waals surface area contributed by atoms with Crippen LogP contribution in [0.3, 0.4) is 0 Å². The Kier molecular flexibility index (Phi) is 3.97. The van der Waals surface area contributed by atoms with E-state index in [1.165, 1.54) is 18.4 Å². The Hall–Kier alpha value is -0.860. The van der Waals surface area contributed by atoms with Crippen LogP contribution in [0.1, 0.15) is 25.3 Å². The van der Waals surface area contributed by atoms with Crippen molar-refractivity contribution in [2.75, 3.05) is 13.2 Å². The van der Waals surface area contributed by atoms with Crippen molar-refractivity contribution >= 4 is 0 Å². The van der Waals surface area contributed by atoms with Crippen molar-refractivity contribution in [2.24, 2.45) is 5.92 Å². The number of benzene rings is 1. The molecule has 0 spiro atoms. The molecule has 1 aromatic carbocycles. The van der Waals surface area contributed by atoms with Gasteiger partial charge in [-0.3, -0.25) is 4.90 Å². The first-order chi connectivity index (χ1) is 7.85. The summed E-state index contributed by atoms with van der Waals surface area (Å²) in [5.41, 5.74) is 1.34. The van der Waals surface area contributed by atoms with Crippen molar-refractivity contribution in [3.8, 4) is 0 Å². The van der Waals surface area contributed by atoms with Crippen LogP contribution in [0.5, 0.6) is 0 Å². The standard InChI is InChI=1S/C14H21NO/c1-2-15(14(11-16)13-8-9-13)10-12-6-4-3-5-7-12/h3-7,13-14,16H,2,8-11H2,1H3. The zero-order chi connectivity index (χ0) is 11.4. The lowest BCUT2D eigenvalue weighted by Crippen LogP contribution is -2.38. The fourth-order valence-corrected chi connectivity index (χ4v) is 2.33. The van der Waals surface area contributed by atoms with Crippen molar-refractivity contribution < 1.29 is 5.11 Å². The van der Waals surface area contributed by atoms with Gasteiger partial charge in [0.2, 0.25) is 0 Å². The molecule has 0 saturated heterocycles. The first kappa shape index (κ1) is 11.6. The van der Waals surface area contributed by atoms with E-state index < -0.39 is 0 Å². The van der Waals surface area contributed by atoms with Crippen LogP contribution in [0, 0.1) is 5.92 Å². The number of rotatable bonds is 6. The number of likely N-dealkylation sites (N-methyl/N-ethyl adjacent to an activating group) is 1. The molecule has 1 atom stereocenters. The normalized spacial score (nSPS) is 17.7. The van der Waals surface area contributed by atoms with Crippen LogP contribution < -0.4 is 0 Å². The first-order valence-corrected chi connectivity index (χ1v) is 6.24. The fraction of sp³-hybridized carbons (Fsp3) is 0.571. The van der Waals surface area contributed by atoms with Crippen LogP contribution in [-0.4, -0.2) is 29.2 Å². The molecule has 88 valence electrons. The Morgan fingerprint density at radius 3 is 2.50 bits per heavy atom. The quantitative estimate of drug-likeness (QED) is 0.793. The summed E-state index contributed by atoms with van der Waals surface area (Å²) >= 11 is 0. The molecule has 0 radical (unpaired) electrons. The van der Waals surface area contributed by atoms with E-state index in [0.717, 1.165) is 19.0 Å². The number of aliphatic hydroxyl groups is 1. The maximum Gasteiger partial charge on any atom is 0.0589 e. The number of hydrogen-bond acceptors (Lipinski definition) is 2. The molecular formula is C14H21NO. The van der Waals surface area contributed by atoms with Crippen LogP contribution in [0.15, 0.2) is 30.3 Å². The Labute approximate surface area is 97.9 Å². The number of nitrogens with zero attached hydrogens (tertiary/aromatic N) is 1. The van der Waals surface area contributed by atoms with E-state index in [4.69, 9.17) is 0 Å². The summed E-state index contributed by atoms with van der Waals surface area (Å²) in [6, 6.07) is 10.9. The van der Waals surface area contributed by atoms with Crippen LogP contribution >= 0.6 is 0 Å². The molecule has 0 aromatic heterocycles. The van der Waals surface area contributed by atoms with Crippen LogP contribution in [0.4, 0.5) is 0 Å². The summed E-state index contributed by atoms with van der Waals surface area (Å²) in [5, 5.41) is 9.47. The minimum atomic E-state index is 0.297. The average Bonchev–Trinajstić information content (AvgIpc) is 3.14. The summed E-state index contributed by atoms with van der Waals surface area (Å²) < 4.78 is 0. The predicted octanol–water partition coefficient (Wildman–Crippen LogP) is 2.28. The molecule has 0 bridgehead atoms. The van der Waals surface area contributed by atoms with Gasteiger partial charge in [-0.15, -0.1) is 0 Å². The first-order valence-electron chi connectivity index (χ1n) is 6.24. The van der Waals surface area contributed by atoms with Gasteiger partial charge in [-0.2, -0.15) is 0 Å². The van der Waals surface area contributed by atoms with E-state index in [2.05, 4.69) is 36.1 Å². The maximum absolute atomic E-state index is 9.47. The highest BCUT2D eigenvalue weighted by Crippen LogP contribution is 2.35. The van der Waals surface area contributed by atoms with E-state index in [-0.39, 0.29) is 0 Å². The molecule has 1 aliphatic rings. The maximum atomic E-state index is 9.47. The second-order valence-electron chi connectivity index (χ2n) is 4.64. The molecule has 0 aliphatic heterocycles. The molecule has 16 heavy (non-hydrogen) atoms. The molecule has 1 fully saturated rings. The summed E-state index contributed by atoms with van der Waals surface area (Å²) in [6.07, 6.45) is 2.58. The molecule has 2 heteroatoms. The average molecular weight is 219 g/mol. The summed E-state index contributed by atoms with van der Waals surface area (Å²) in [7, 11) is 0. The molecule has 1 saturated carbocycles. The third kappa shape index (κ3) is 2.83. The van der Waals surface area contributed by atoms with Gasteiger partial charge in [0.1, 0.15) is 0 Å². The van der Waals surface area contributed by atoms with Gasteiger partial charge in [0.05, 0.1) is 6.61 Å². The van der Waals surface area contributed by atoms with Crippen molar-refractivity contribution in [3.05, 3.63) is 35.9 Å². The van der Waals surface area contributed by atoms with Gasteiger partial charge in [-0.05, 0) is 30.9 Å². The highest BCUT2D eigenvalue weighted by atomic mass is 16.3. The number of hydrogen-bond donors (Lipinski definition) is 1. The SMILES string of the molecule is CCN(Cc1ccccc1)C(CO)C1CC1. The Morgan fingerprint density at radius 2 is 2.00 bits per heavy atom. The second-order valence-corrected chi connectivity index (χ2v) is 4.64. The summed E-state index contributed by atoms with van der Waals surface area (Å²) in [6.45, 7) is 4.44. The van der Waals surface area contributed by atoms with E-state index in [9.17, 15) is 5.11 Å². The predicted molar refractivity (Wildman–Crippen MR) is 66.1 cm³/mol. The Morgan fingerprint density at radius 1 is 1.31 bits per heavy atom. The van der Waals surface area contributed by atoms with Gasteiger partial charge in [0.15, 0.2) is 0 Å². The van der Waals surface area contributed by atoms with Gasteiger partial charge >= 0.3 is 0 Å². The van der Waals surface area contributed by atoms with Crippen molar-refractivity contribution in [2.45, 2.75) is 32.4 Å². The molecule has 0 heterocycles. The molecule has 2 rings (SSSR count). The zero-order valence-electron chi connectivity index (χ0n) is 9.97. The minimum Gasteiger partial charge on any atom is -0.395 e. The summed E-state index contributed by atoms with van der Waals surface area (Å²) in [5.74, 6) is 0.730. The van der Waals surface area contributed by atoms with Crippen LogP contribution in [0.25, 0.3) is 0 Å². The minimum absolute atomic E-state index is 0.297. The Balaban J connectivity index is 1.99. The van der Waals surface area contributed by atoms with Crippen molar-refractivity contribution in [1.29, 1.82) is 0 Å². The molecule has 1 aromatic rings. The lowest BCUT2D eigenvalue weighted by molar-refractivity contribution is 0.106. The van der Waals surface area contributed by atoms with Crippen LogP contribution in [0.2, 0.25) is 0 Å². The number of aliphatic hydroxyl groups excluding tert-OH is 1. The Bertz CT molecular complexity index is 308. The van der Waals surface area contributed by atoms with Gasteiger partial charge in [0.25, 0.3) is 0 Å². The summed E-state index contributed by atoms with van der Waals surface area (Å²) in [4.78, 5) is 2.40. The van der Waals surface area contributed by atoms with Crippen molar-refractivity contribution in [1.82, 2.24) is 4.90 Å². The molecular weight excluding hydrogens is 198 g/mol. The van der Waals surface area contributed by atoms with Crippen LogP contribution in [-0.2, 0) is 6.54 Å². The largest absolute Gasteiger partial charge is 0.395 e. The lowest BCUT2D eigenvalue weighted by Gasteiger charge is -2.29. The van der Waals surface area contributed by atoms with E-state index in [1.807, 2.05) is 6.07 Å². The van der Waals surface area contributed by atoms with E-state index >= 15 is 0 Å². The second kappa shape index (κ2) is 5.46. The molecule has 1 aliphatic carbocycles. The van der Waals surface area contributed by atoms with Gasteiger partial charge in [-0.1, -0.05) is 37.3 Å². The lowest BCUT2D eigenvalue weighted by atomic mass is 10.1. The molecule has 0 amide bonds. The topological polar surface area (TPSA) is 23.5 Å². The monoisotopic (exact) mass is 219 g/mol. The molecule has 2 nitrogen and oxygen atoms in total. The zero-order valence-corrected chi connectivity index (χ0v) is 9.97. The third-order valence-corrected chi connectivity index (χ3v) is 3.46. The van der Waals surface area contributed by atoms with Gasteiger partial charge in [-0.25, -0.2) is 0 Å². The third-order valence-electron chi connectivity index (χ3n) is 3.46. The van der Waals surface area contributed by atoms with Gasteiger partial charge < -0.3 is 5.11 Å². The fourth-order valence-electron chi connectivity index (χ4n) is 2.33. The highest BCUT2D eigenvalue weighted by Gasteiger charge is 2.34. The van der Waals surface area contributed by atoms with E-state index in [1.54, 1.807) is 0 Å². The molecule has 1 unspecified atom stereocenters. The van der Waals surface area contributed by atoms with Crippen molar-refractivity contribution in [3.63, 3.8) is 0 Å². The van der Waals surface area contributed by atoms with Gasteiger partial charge in [0, 0.05) is 12.6 Å². The smallest absolute Gasteiger partial charge is 0.0589 e.